The van der Waals surface area contributed by atoms with Crippen molar-refractivity contribution in [2.45, 2.75) is 52.6 Å². The summed E-state index contributed by atoms with van der Waals surface area (Å²) in [5, 5.41) is 0. The fourth-order valence-corrected chi connectivity index (χ4v) is 1.98. The van der Waals surface area contributed by atoms with Gasteiger partial charge in [-0.15, -0.1) is 0 Å². The standard InChI is InChI=1S/C16H26N2O/c1-12(2)18(15(19)10-17)11-13-6-8-14(9-7-13)16(3,4)5/h6-9,12H,10-11,17H2,1-5H3. The summed E-state index contributed by atoms with van der Waals surface area (Å²) in [6, 6.07) is 8.64. The molecule has 19 heavy (non-hydrogen) atoms. The van der Waals surface area contributed by atoms with Gasteiger partial charge in [0.2, 0.25) is 5.91 Å². The van der Waals surface area contributed by atoms with Crippen LogP contribution in [0.25, 0.3) is 0 Å². The fraction of sp³-hybridized carbons (Fsp3) is 0.562. The minimum absolute atomic E-state index is 0.00472. The lowest BCUT2D eigenvalue weighted by atomic mass is 9.87. The van der Waals surface area contributed by atoms with E-state index >= 15 is 0 Å². The smallest absolute Gasteiger partial charge is 0.236 e. The lowest BCUT2D eigenvalue weighted by molar-refractivity contribution is -0.132. The first-order chi connectivity index (χ1) is 8.75. The van der Waals surface area contributed by atoms with Crippen LogP contribution in [0.3, 0.4) is 0 Å². The second kappa shape index (κ2) is 6.20. The number of amides is 1. The summed E-state index contributed by atoms with van der Waals surface area (Å²) < 4.78 is 0. The van der Waals surface area contributed by atoms with Crippen molar-refractivity contribution in [2.75, 3.05) is 6.54 Å². The molecule has 0 saturated carbocycles. The number of nitrogens with two attached hydrogens (primary N) is 1. The van der Waals surface area contributed by atoms with Crippen molar-refractivity contribution in [2.24, 2.45) is 5.73 Å². The van der Waals surface area contributed by atoms with Gasteiger partial charge in [-0.2, -0.15) is 0 Å². The highest BCUT2D eigenvalue weighted by molar-refractivity contribution is 5.78. The Labute approximate surface area is 116 Å². The van der Waals surface area contributed by atoms with Crippen molar-refractivity contribution in [3.63, 3.8) is 0 Å². The topological polar surface area (TPSA) is 46.3 Å². The number of carbonyl (C=O) groups is 1. The molecule has 3 nitrogen and oxygen atoms in total. The van der Waals surface area contributed by atoms with Crippen molar-refractivity contribution >= 4 is 5.91 Å². The van der Waals surface area contributed by atoms with Gasteiger partial charge in [-0.25, -0.2) is 0 Å². The Morgan fingerprint density at radius 2 is 1.74 bits per heavy atom. The molecular weight excluding hydrogens is 236 g/mol. The first-order valence-electron chi connectivity index (χ1n) is 6.84. The van der Waals surface area contributed by atoms with Crippen LogP contribution < -0.4 is 5.73 Å². The molecule has 0 heterocycles. The zero-order valence-electron chi connectivity index (χ0n) is 12.7. The highest BCUT2D eigenvalue weighted by Gasteiger charge is 2.17. The molecule has 0 radical (unpaired) electrons. The van der Waals surface area contributed by atoms with Crippen LogP contribution in [-0.2, 0) is 16.8 Å². The Hall–Kier alpha value is -1.35. The molecule has 1 aromatic rings. The van der Waals surface area contributed by atoms with Crippen molar-refractivity contribution < 1.29 is 4.79 Å². The highest BCUT2D eigenvalue weighted by Crippen LogP contribution is 2.22. The number of hydrogen-bond acceptors (Lipinski definition) is 2. The summed E-state index contributed by atoms with van der Waals surface area (Å²) in [7, 11) is 0. The summed E-state index contributed by atoms with van der Waals surface area (Å²) in [4.78, 5) is 13.6. The summed E-state index contributed by atoms with van der Waals surface area (Å²) in [5.74, 6) is -0.00472. The zero-order chi connectivity index (χ0) is 14.6. The van der Waals surface area contributed by atoms with E-state index in [-0.39, 0.29) is 23.9 Å². The molecule has 0 saturated heterocycles. The maximum atomic E-state index is 11.8. The normalized spacial score (nSPS) is 11.7. The molecule has 0 atom stereocenters. The molecule has 0 aliphatic carbocycles. The zero-order valence-corrected chi connectivity index (χ0v) is 12.7. The Kier molecular flexibility index (Phi) is 5.12. The molecular formula is C16H26N2O. The molecule has 1 aromatic carbocycles. The second-order valence-electron chi connectivity index (χ2n) is 6.27. The largest absolute Gasteiger partial charge is 0.335 e. The summed E-state index contributed by atoms with van der Waals surface area (Å²) >= 11 is 0. The Morgan fingerprint density at radius 3 is 2.11 bits per heavy atom. The molecule has 1 rings (SSSR count). The number of rotatable bonds is 4. The third kappa shape index (κ3) is 4.35. The summed E-state index contributed by atoms with van der Waals surface area (Å²) in [5.41, 5.74) is 8.06. The predicted octanol–water partition coefficient (Wildman–Crippen LogP) is 2.68. The molecule has 0 spiro atoms. The third-order valence-electron chi connectivity index (χ3n) is 3.29. The van der Waals surface area contributed by atoms with E-state index in [1.165, 1.54) is 5.56 Å². The quantitative estimate of drug-likeness (QED) is 0.907. The molecule has 0 fully saturated rings. The van der Waals surface area contributed by atoms with E-state index in [0.717, 1.165) is 5.56 Å². The van der Waals surface area contributed by atoms with Crippen LogP contribution in [-0.4, -0.2) is 23.4 Å². The van der Waals surface area contributed by atoms with Gasteiger partial charge in [0.15, 0.2) is 0 Å². The minimum atomic E-state index is -0.00472. The van der Waals surface area contributed by atoms with E-state index in [4.69, 9.17) is 5.73 Å². The number of nitrogens with zero attached hydrogens (tertiary/aromatic N) is 1. The van der Waals surface area contributed by atoms with Crippen LogP contribution in [0.4, 0.5) is 0 Å². The average Bonchev–Trinajstić information content (AvgIpc) is 2.34. The monoisotopic (exact) mass is 262 g/mol. The van der Waals surface area contributed by atoms with Crippen LogP contribution in [0.2, 0.25) is 0 Å². The Morgan fingerprint density at radius 1 is 1.21 bits per heavy atom. The number of benzene rings is 1. The van der Waals surface area contributed by atoms with Crippen LogP contribution >= 0.6 is 0 Å². The van der Waals surface area contributed by atoms with Crippen LogP contribution in [0, 0.1) is 0 Å². The molecule has 0 bridgehead atoms. The maximum absolute atomic E-state index is 11.8. The molecule has 2 N–H and O–H groups in total. The highest BCUT2D eigenvalue weighted by atomic mass is 16.2. The first-order valence-corrected chi connectivity index (χ1v) is 6.84. The molecule has 106 valence electrons. The molecule has 0 aliphatic heterocycles. The number of hydrogen-bond donors (Lipinski definition) is 1. The van der Waals surface area contributed by atoms with Crippen LogP contribution in [0.5, 0.6) is 0 Å². The van der Waals surface area contributed by atoms with Gasteiger partial charge < -0.3 is 10.6 Å². The van der Waals surface area contributed by atoms with E-state index < -0.39 is 0 Å². The molecule has 0 unspecified atom stereocenters. The number of carbonyl (C=O) groups excluding carboxylic acids is 1. The van der Waals surface area contributed by atoms with Gasteiger partial charge in [0, 0.05) is 12.6 Å². The maximum Gasteiger partial charge on any atom is 0.236 e. The summed E-state index contributed by atoms with van der Waals surface area (Å²) in [6.07, 6.45) is 0. The Bertz CT molecular complexity index is 415. The van der Waals surface area contributed by atoms with E-state index in [0.29, 0.717) is 6.54 Å². The van der Waals surface area contributed by atoms with Gasteiger partial charge in [-0.3, -0.25) is 4.79 Å². The predicted molar refractivity (Wildman–Crippen MR) is 79.9 cm³/mol. The van der Waals surface area contributed by atoms with Crippen molar-refractivity contribution in [3.05, 3.63) is 35.4 Å². The van der Waals surface area contributed by atoms with Gasteiger partial charge in [0.1, 0.15) is 0 Å². The van der Waals surface area contributed by atoms with E-state index in [1.54, 1.807) is 0 Å². The third-order valence-corrected chi connectivity index (χ3v) is 3.29. The first kappa shape index (κ1) is 15.7. The van der Waals surface area contributed by atoms with E-state index in [1.807, 2.05) is 18.7 Å². The molecule has 0 aliphatic rings. The van der Waals surface area contributed by atoms with Crippen molar-refractivity contribution in [1.29, 1.82) is 0 Å². The van der Waals surface area contributed by atoms with Gasteiger partial charge in [0.05, 0.1) is 6.54 Å². The molecule has 3 heteroatoms. The minimum Gasteiger partial charge on any atom is -0.335 e. The van der Waals surface area contributed by atoms with E-state index in [9.17, 15) is 4.79 Å². The molecule has 1 amide bonds. The van der Waals surface area contributed by atoms with Crippen molar-refractivity contribution in [1.82, 2.24) is 4.90 Å². The van der Waals surface area contributed by atoms with Crippen LogP contribution in [0.15, 0.2) is 24.3 Å². The second-order valence-corrected chi connectivity index (χ2v) is 6.27. The fourth-order valence-electron chi connectivity index (χ4n) is 1.98. The van der Waals surface area contributed by atoms with Gasteiger partial charge >= 0.3 is 0 Å². The molecule has 0 aromatic heterocycles. The van der Waals surface area contributed by atoms with Gasteiger partial charge in [-0.1, -0.05) is 45.0 Å². The lowest BCUT2D eigenvalue weighted by Crippen LogP contribution is -2.40. The van der Waals surface area contributed by atoms with E-state index in [2.05, 4.69) is 45.0 Å². The SMILES string of the molecule is CC(C)N(Cc1ccc(C(C)(C)C)cc1)C(=O)CN. The summed E-state index contributed by atoms with van der Waals surface area (Å²) in [6.45, 7) is 11.3. The lowest BCUT2D eigenvalue weighted by Gasteiger charge is -2.27. The van der Waals surface area contributed by atoms with Crippen LogP contribution in [0.1, 0.15) is 45.7 Å². The van der Waals surface area contributed by atoms with Crippen molar-refractivity contribution in [3.8, 4) is 0 Å². The van der Waals surface area contributed by atoms with Gasteiger partial charge in [0.25, 0.3) is 0 Å². The van der Waals surface area contributed by atoms with Gasteiger partial charge in [-0.05, 0) is 30.4 Å². The Balaban J connectivity index is 2.84. The average molecular weight is 262 g/mol.